The van der Waals surface area contributed by atoms with Gasteiger partial charge in [-0.1, -0.05) is 6.07 Å². The molecule has 0 atom stereocenters. The molecule has 1 fully saturated rings. The van der Waals surface area contributed by atoms with Crippen molar-refractivity contribution in [2.75, 3.05) is 49.2 Å². The number of hydrogen-bond donors (Lipinski definition) is 0. The summed E-state index contributed by atoms with van der Waals surface area (Å²) < 4.78 is 10.7. The van der Waals surface area contributed by atoms with Gasteiger partial charge in [-0.05, 0) is 37.6 Å². The molecule has 0 saturated carbocycles. The van der Waals surface area contributed by atoms with Crippen molar-refractivity contribution in [2.45, 2.75) is 19.8 Å². The number of esters is 1. The minimum absolute atomic E-state index is 0.165. The monoisotopic (exact) mass is 369 g/mol. The molecule has 0 unspecified atom stereocenters. The zero-order chi connectivity index (χ0) is 18.9. The summed E-state index contributed by atoms with van der Waals surface area (Å²) in [6.45, 7) is 6.65. The molecule has 1 saturated heterocycles. The van der Waals surface area contributed by atoms with E-state index < -0.39 is 0 Å². The summed E-state index contributed by atoms with van der Waals surface area (Å²) >= 11 is 0. The van der Waals surface area contributed by atoms with Gasteiger partial charge in [-0.25, -0.2) is 0 Å². The number of aromatic nitrogens is 1. The number of nitrogens with zero attached hydrogens (tertiary/aromatic N) is 3. The molecule has 27 heavy (non-hydrogen) atoms. The van der Waals surface area contributed by atoms with E-state index in [0.717, 1.165) is 31.9 Å². The van der Waals surface area contributed by atoms with Crippen molar-refractivity contribution in [1.29, 1.82) is 0 Å². The lowest BCUT2D eigenvalue weighted by atomic mass is 10.2. The van der Waals surface area contributed by atoms with E-state index in [1.54, 1.807) is 0 Å². The van der Waals surface area contributed by atoms with Crippen LogP contribution in [0.5, 0.6) is 5.75 Å². The summed E-state index contributed by atoms with van der Waals surface area (Å²) in [4.78, 5) is 20.2. The smallest absolute Gasteiger partial charge is 0.305 e. The first kappa shape index (κ1) is 19.0. The van der Waals surface area contributed by atoms with Crippen LogP contribution in [-0.2, 0) is 9.53 Å². The third-order valence-electron chi connectivity index (χ3n) is 4.59. The lowest BCUT2D eigenvalue weighted by molar-refractivity contribution is -0.143. The van der Waals surface area contributed by atoms with Crippen molar-refractivity contribution in [3.8, 4) is 5.75 Å². The van der Waals surface area contributed by atoms with Crippen molar-refractivity contribution in [2.24, 2.45) is 0 Å². The Morgan fingerprint density at radius 1 is 1.04 bits per heavy atom. The van der Waals surface area contributed by atoms with Crippen molar-refractivity contribution in [3.05, 3.63) is 48.8 Å². The summed E-state index contributed by atoms with van der Waals surface area (Å²) in [5, 5.41) is 0. The average molecular weight is 369 g/mol. The molecule has 1 aromatic heterocycles. The highest BCUT2D eigenvalue weighted by molar-refractivity contribution is 5.69. The number of anilines is 2. The molecule has 0 aliphatic carbocycles. The zero-order valence-electron chi connectivity index (χ0n) is 15.8. The van der Waals surface area contributed by atoms with E-state index in [1.165, 1.54) is 11.4 Å². The fourth-order valence-electron chi connectivity index (χ4n) is 3.19. The van der Waals surface area contributed by atoms with Crippen LogP contribution < -0.4 is 14.5 Å². The number of carbonyl (C=O) groups excluding carboxylic acids is 1. The van der Waals surface area contributed by atoms with Crippen LogP contribution in [-0.4, -0.2) is 50.3 Å². The van der Waals surface area contributed by atoms with Gasteiger partial charge in [-0.3, -0.25) is 9.78 Å². The van der Waals surface area contributed by atoms with E-state index >= 15 is 0 Å². The van der Waals surface area contributed by atoms with Crippen molar-refractivity contribution >= 4 is 17.3 Å². The number of piperazine rings is 1. The van der Waals surface area contributed by atoms with Crippen molar-refractivity contribution in [3.63, 3.8) is 0 Å². The van der Waals surface area contributed by atoms with Crippen LogP contribution >= 0.6 is 0 Å². The molecule has 0 N–H and O–H groups in total. The molecule has 144 valence electrons. The Hall–Kier alpha value is -2.76. The van der Waals surface area contributed by atoms with Crippen LogP contribution in [0.25, 0.3) is 0 Å². The second-order valence-electron chi connectivity index (χ2n) is 6.43. The third-order valence-corrected chi connectivity index (χ3v) is 4.59. The third kappa shape index (κ3) is 5.61. The molecule has 0 radical (unpaired) electrons. The highest BCUT2D eigenvalue weighted by Crippen LogP contribution is 2.24. The SMILES string of the molecule is CCOC(=O)CCCOc1cccc(N2CCN(c3ccncc3)CC2)c1. The van der Waals surface area contributed by atoms with E-state index in [4.69, 9.17) is 9.47 Å². The zero-order valence-corrected chi connectivity index (χ0v) is 15.8. The molecule has 6 heteroatoms. The van der Waals surface area contributed by atoms with Gasteiger partial charge in [0.2, 0.25) is 0 Å². The highest BCUT2D eigenvalue weighted by atomic mass is 16.5. The molecule has 1 aliphatic rings. The maximum absolute atomic E-state index is 11.4. The maximum atomic E-state index is 11.4. The van der Waals surface area contributed by atoms with Gasteiger partial charge in [-0.15, -0.1) is 0 Å². The Labute approximate surface area is 160 Å². The largest absolute Gasteiger partial charge is 0.494 e. The molecular weight excluding hydrogens is 342 g/mol. The van der Waals surface area contributed by atoms with Gasteiger partial charge in [-0.2, -0.15) is 0 Å². The first-order valence-electron chi connectivity index (χ1n) is 9.54. The number of pyridine rings is 1. The summed E-state index contributed by atoms with van der Waals surface area (Å²) in [5.74, 6) is 0.676. The van der Waals surface area contributed by atoms with Gasteiger partial charge in [0.1, 0.15) is 5.75 Å². The van der Waals surface area contributed by atoms with Gasteiger partial charge >= 0.3 is 5.97 Å². The second-order valence-corrected chi connectivity index (χ2v) is 6.43. The van der Waals surface area contributed by atoms with Crippen LogP contribution in [0, 0.1) is 0 Å². The summed E-state index contributed by atoms with van der Waals surface area (Å²) in [6.07, 6.45) is 4.73. The minimum atomic E-state index is -0.165. The summed E-state index contributed by atoms with van der Waals surface area (Å²) in [7, 11) is 0. The van der Waals surface area contributed by atoms with Gasteiger partial charge in [0.25, 0.3) is 0 Å². The molecule has 0 bridgehead atoms. The van der Waals surface area contributed by atoms with Gasteiger partial charge in [0.15, 0.2) is 0 Å². The number of carbonyl (C=O) groups is 1. The second kappa shape index (κ2) is 9.80. The fourth-order valence-corrected chi connectivity index (χ4v) is 3.19. The van der Waals surface area contributed by atoms with E-state index in [-0.39, 0.29) is 5.97 Å². The van der Waals surface area contributed by atoms with E-state index in [9.17, 15) is 4.79 Å². The maximum Gasteiger partial charge on any atom is 0.305 e. The quantitative estimate of drug-likeness (QED) is 0.526. The van der Waals surface area contributed by atoms with Crippen LogP contribution in [0.3, 0.4) is 0 Å². The molecule has 0 amide bonds. The number of rotatable bonds is 8. The Bertz CT molecular complexity index is 716. The van der Waals surface area contributed by atoms with Crippen LogP contribution in [0.1, 0.15) is 19.8 Å². The topological polar surface area (TPSA) is 54.9 Å². The van der Waals surface area contributed by atoms with Gasteiger partial charge < -0.3 is 19.3 Å². The van der Waals surface area contributed by atoms with Crippen LogP contribution in [0.4, 0.5) is 11.4 Å². The van der Waals surface area contributed by atoms with Gasteiger partial charge in [0, 0.05) is 62.4 Å². The standard InChI is InChI=1S/C21H27N3O3/c1-2-26-21(25)7-4-16-27-20-6-3-5-19(17-20)24-14-12-23(13-15-24)18-8-10-22-11-9-18/h3,5-6,8-11,17H,2,4,7,12-16H2,1H3. The van der Waals surface area contributed by atoms with E-state index in [0.29, 0.717) is 26.1 Å². The first-order valence-corrected chi connectivity index (χ1v) is 9.54. The van der Waals surface area contributed by atoms with E-state index in [1.807, 2.05) is 31.5 Å². The number of hydrogen-bond acceptors (Lipinski definition) is 6. The molecule has 6 nitrogen and oxygen atoms in total. The first-order chi connectivity index (χ1) is 13.3. The minimum Gasteiger partial charge on any atom is -0.494 e. The Kier molecular flexibility index (Phi) is 6.90. The van der Waals surface area contributed by atoms with Crippen molar-refractivity contribution in [1.82, 2.24) is 4.98 Å². The number of benzene rings is 1. The average Bonchev–Trinajstić information content (AvgIpc) is 2.72. The lowest BCUT2D eigenvalue weighted by Gasteiger charge is -2.37. The molecular formula is C21H27N3O3. The highest BCUT2D eigenvalue weighted by Gasteiger charge is 2.17. The summed E-state index contributed by atoms with van der Waals surface area (Å²) in [6, 6.07) is 12.3. The number of ether oxygens (including phenoxy) is 2. The fraction of sp³-hybridized carbons (Fsp3) is 0.429. The predicted octanol–water partition coefficient (Wildman–Crippen LogP) is 3.13. The lowest BCUT2D eigenvalue weighted by Crippen LogP contribution is -2.46. The molecule has 2 heterocycles. The molecule has 1 aliphatic heterocycles. The van der Waals surface area contributed by atoms with E-state index in [2.05, 4.69) is 39.0 Å². The van der Waals surface area contributed by atoms with Gasteiger partial charge in [0.05, 0.1) is 13.2 Å². The summed E-state index contributed by atoms with van der Waals surface area (Å²) in [5.41, 5.74) is 2.40. The molecule has 1 aromatic carbocycles. The predicted molar refractivity (Wildman–Crippen MR) is 106 cm³/mol. The molecule has 3 rings (SSSR count). The molecule has 2 aromatic rings. The Morgan fingerprint density at radius 3 is 2.44 bits per heavy atom. The molecule has 0 spiro atoms. The van der Waals surface area contributed by atoms with Crippen molar-refractivity contribution < 1.29 is 14.3 Å². The normalized spacial score (nSPS) is 14.1. The van der Waals surface area contributed by atoms with Crippen LogP contribution in [0.2, 0.25) is 0 Å². The van der Waals surface area contributed by atoms with Crippen LogP contribution in [0.15, 0.2) is 48.8 Å². The Balaban J connectivity index is 1.47. The Morgan fingerprint density at radius 2 is 1.74 bits per heavy atom.